The molecule has 6 aromatic carbocycles. The standard InChI is InChI=1S/C48H48N8O5/c1-5-13-41(14-6-1)53-37-54(42-15-7-2-8-16-42)50-47(49-53)39-21-25-45(26-22-39)60-35-33-58-31-29-57-30-32-59-34-36-61-46-27-23-40(24-28-46)48-51-55(43-17-9-3-10-18-43)38-56(52-48)44-19-11-4-12-20-44/h1-28H,29-38H2. The molecule has 13 nitrogen and oxygen atoms in total. The van der Waals surface area contributed by atoms with Crippen molar-refractivity contribution in [3.63, 3.8) is 0 Å². The van der Waals surface area contributed by atoms with E-state index in [1.54, 1.807) is 0 Å². The zero-order chi connectivity index (χ0) is 41.3. The fourth-order valence-electron chi connectivity index (χ4n) is 6.45. The molecule has 0 aromatic heterocycles. The van der Waals surface area contributed by atoms with E-state index in [0.29, 0.717) is 77.9 Å². The molecule has 0 saturated heterocycles. The molecule has 0 bridgehead atoms. The van der Waals surface area contributed by atoms with E-state index in [1.807, 2.05) is 190 Å². The van der Waals surface area contributed by atoms with Crippen molar-refractivity contribution in [2.75, 3.05) is 86.2 Å². The second-order valence-corrected chi connectivity index (χ2v) is 13.9. The molecule has 8 rings (SSSR count). The monoisotopic (exact) mass is 816 g/mol. The normalized spacial score (nSPS) is 13.8. The number of benzene rings is 6. The van der Waals surface area contributed by atoms with Crippen molar-refractivity contribution in [2.45, 2.75) is 0 Å². The summed E-state index contributed by atoms with van der Waals surface area (Å²) in [6.07, 6.45) is 0. The third kappa shape index (κ3) is 11.6. The van der Waals surface area contributed by atoms with Gasteiger partial charge in [0.1, 0.15) is 38.1 Å². The van der Waals surface area contributed by atoms with Gasteiger partial charge < -0.3 is 23.7 Å². The van der Waals surface area contributed by atoms with Crippen molar-refractivity contribution in [1.29, 1.82) is 0 Å². The zero-order valence-electron chi connectivity index (χ0n) is 33.9. The van der Waals surface area contributed by atoms with Crippen molar-refractivity contribution in [3.8, 4) is 11.5 Å². The first-order valence-electron chi connectivity index (χ1n) is 20.4. The summed E-state index contributed by atoms with van der Waals surface area (Å²) in [7, 11) is 0. The third-order valence-corrected chi connectivity index (χ3v) is 9.58. The van der Waals surface area contributed by atoms with Gasteiger partial charge in [0, 0.05) is 11.1 Å². The first kappa shape index (κ1) is 40.7. The van der Waals surface area contributed by atoms with Crippen LogP contribution < -0.4 is 40.4 Å². The van der Waals surface area contributed by atoms with Crippen LogP contribution in [0.25, 0.3) is 0 Å². The lowest BCUT2D eigenvalue weighted by Crippen LogP contribution is -2.48. The largest absolute Gasteiger partial charge is 0.491 e. The molecule has 2 aliphatic rings. The molecule has 6 aromatic rings. The average molecular weight is 817 g/mol. The van der Waals surface area contributed by atoms with E-state index in [9.17, 15) is 0 Å². The first-order chi connectivity index (χ1) is 30.2. The molecule has 0 saturated carbocycles. The van der Waals surface area contributed by atoms with Crippen LogP contribution in [0.4, 0.5) is 22.7 Å². The fourth-order valence-corrected chi connectivity index (χ4v) is 6.45. The molecule has 2 heterocycles. The highest BCUT2D eigenvalue weighted by atomic mass is 16.6. The summed E-state index contributed by atoms with van der Waals surface area (Å²) in [4.78, 5) is 0. The summed E-state index contributed by atoms with van der Waals surface area (Å²) in [5.74, 6) is 2.72. The highest BCUT2D eigenvalue weighted by Gasteiger charge is 2.25. The Morgan fingerprint density at radius 3 is 0.951 bits per heavy atom. The molecule has 13 heteroatoms. The van der Waals surface area contributed by atoms with Gasteiger partial charge in [0.25, 0.3) is 0 Å². The molecule has 61 heavy (non-hydrogen) atoms. The lowest BCUT2D eigenvalue weighted by molar-refractivity contribution is 0.00499. The quantitative estimate of drug-likeness (QED) is 0.0723. The van der Waals surface area contributed by atoms with E-state index in [4.69, 9.17) is 44.7 Å². The molecule has 0 N–H and O–H groups in total. The van der Waals surface area contributed by atoms with Gasteiger partial charge in [-0.2, -0.15) is 0 Å². The van der Waals surface area contributed by atoms with Crippen LogP contribution in [0.1, 0.15) is 11.1 Å². The van der Waals surface area contributed by atoms with Crippen LogP contribution >= 0.6 is 0 Å². The van der Waals surface area contributed by atoms with Crippen LogP contribution in [-0.4, -0.2) is 77.9 Å². The Balaban J connectivity index is 0.689. The minimum Gasteiger partial charge on any atom is -0.491 e. The minimum atomic E-state index is 0.421. The highest BCUT2D eigenvalue weighted by molar-refractivity contribution is 6.01. The number of hydrazone groups is 2. The molecule has 0 amide bonds. The van der Waals surface area contributed by atoms with E-state index in [-0.39, 0.29) is 0 Å². The number of nitrogens with zero attached hydrogens (tertiary/aromatic N) is 8. The van der Waals surface area contributed by atoms with Crippen molar-refractivity contribution >= 4 is 34.4 Å². The van der Waals surface area contributed by atoms with Crippen molar-refractivity contribution in [2.24, 2.45) is 10.2 Å². The maximum Gasteiger partial charge on any atom is 0.199 e. The number of ether oxygens (including phenoxy) is 5. The summed E-state index contributed by atoms with van der Waals surface area (Å²) in [5.41, 5.74) is 15.5. The fraction of sp³-hybridized carbons (Fsp3) is 0.208. The molecule has 0 fully saturated rings. The van der Waals surface area contributed by atoms with Gasteiger partial charge in [-0.15, -0.1) is 21.1 Å². The van der Waals surface area contributed by atoms with Gasteiger partial charge >= 0.3 is 0 Å². The summed E-state index contributed by atoms with van der Waals surface area (Å²) < 4.78 is 28.9. The van der Waals surface area contributed by atoms with Gasteiger partial charge in [-0.3, -0.25) is 0 Å². The molecule has 2 radical (unpaired) electrons. The Hall–Kier alpha value is -7.06. The lowest BCUT2D eigenvalue weighted by atomic mass is 10.2. The average Bonchev–Trinajstić information content (AvgIpc) is 3.34. The number of hydrogen-bond donors (Lipinski definition) is 0. The van der Waals surface area contributed by atoms with E-state index < -0.39 is 0 Å². The third-order valence-electron chi connectivity index (χ3n) is 9.58. The van der Waals surface area contributed by atoms with Crippen LogP contribution in [0, 0.1) is 0 Å². The van der Waals surface area contributed by atoms with E-state index >= 15 is 0 Å². The van der Waals surface area contributed by atoms with Crippen molar-refractivity contribution in [3.05, 3.63) is 181 Å². The molecular weight excluding hydrogens is 769 g/mol. The summed E-state index contributed by atoms with van der Waals surface area (Å²) in [6, 6.07) is 56.0. The van der Waals surface area contributed by atoms with Gasteiger partial charge in [0.15, 0.2) is 11.7 Å². The summed E-state index contributed by atoms with van der Waals surface area (Å²) >= 11 is 0. The molecule has 0 spiro atoms. The Bertz CT molecular complexity index is 2110. The molecule has 0 atom stereocenters. The summed E-state index contributed by atoms with van der Waals surface area (Å²) in [6.45, 7) is 4.61. The number of para-hydroxylation sites is 4. The Kier molecular flexibility index (Phi) is 14.2. The maximum absolute atomic E-state index is 5.91. The predicted molar refractivity (Wildman–Crippen MR) is 239 cm³/mol. The SMILES string of the molecule is c1ccc(N2CN(c3ccccc3)N=C(c3ccc(OCCOCCOCCOCCOc4ccc(C5=NN(c6ccccc6)CN(c6ccccc6)[N]5)cc4)cc3)[N]2)cc1. The Morgan fingerprint density at radius 2 is 0.623 bits per heavy atom. The second-order valence-electron chi connectivity index (χ2n) is 13.9. The maximum atomic E-state index is 5.91. The zero-order valence-corrected chi connectivity index (χ0v) is 33.9. The van der Waals surface area contributed by atoms with Crippen molar-refractivity contribution < 1.29 is 23.7 Å². The van der Waals surface area contributed by atoms with Crippen LogP contribution in [0.5, 0.6) is 11.5 Å². The van der Waals surface area contributed by atoms with Crippen LogP contribution in [0.2, 0.25) is 0 Å². The molecule has 0 unspecified atom stereocenters. The smallest absolute Gasteiger partial charge is 0.199 e. The number of hydrogen-bond acceptors (Lipinski definition) is 11. The van der Waals surface area contributed by atoms with Gasteiger partial charge in [-0.1, -0.05) is 72.8 Å². The molecule has 2 aliphatic heterocycles. The second kappa shape index (κ2) is 21.3. The van der Waals surface area contributed by atoms with E-state index in [0.717, 1.165) is 45.4 Å². The predicted octanol–water partition coefficient (Wildman–Crippen LogP) is 7.52. The Morgan fingerprint density at radius 1 is 0.328 bits per heavy atom. The first-order valence-corrected chi connectivity index (χ1v) is 20.4. The number of anilines is 4. The van der Waals surface area contributed by atoms with Crippen LogP contribution in [-0.2, 0) is 14.2 Å². The molecular formula is C48H48N8O5. The Labute approximate surface area is 356 Å². The number of rotatable bonds is 20. The van der Waals surface area contributed by atoms with Gasteiger partial charge in [-0.25, -0.2) is 20.0 Å². The van der Waals surface area contributed by atoms with Crippen LogP contribution in [0.3, 0.4) is 0 Å². The van der Waals surface area contributed by atoms with E-state index in [2.05, 4.69) is 0 Å². The van der Waals surface area contributed by atoms with Gasteiger partial charge in [0.05, 0.1) is 62.4 Å². The van der Waals surface area contributed by atoms with Gasteiger partial charge in [0.2, 0.25) is 0 Å². The van der Waals surface area contributed by atoms with E-state index in [1.165, 1.54) is 0 Å². The highest BCUT2D eigenvalue weighted by Crippen LogP contribution is 2.25. The van der Waals surface area contributed by atoms with Crippen molar-refractivity contribution in [1.82, 2.24) is 10.9 Å². The minimum absolute atomic E-state index is 0.421. The molecule has 0 aliphatic carbocycles. The summed E-state index contributed by atoms with van der Waals surface area (Å²) in [5, 5.41) is 17.5. The van der Waals surface area contributed by atoms with Crippen LogP contribution in [0.15, 0.2) is 180 Å². The topological polar surface area (TPSA) is 112 Å². The van der Waals surface area contributed by atoms with Gasteiger partial charge in [-0.05, 0) is 97.1 Å². The molecule has 310 valence electrons. The lowest BCUT2D eigenvalue weighted by Gasteiger charge is -2.34. The number of amidine groups is 2.